The van der Waals surface area contributed by atoms with Crippen molar-refractivity contribution in [3.05, 3.63) is 23.8 Å². The number of hydrogen-bond donors (Lipinski definition) is 1. The van der Waals surface area contributed by atoms with E-state index in [4.69, 9.17) is 10.5 Å². The van der Waals surface area contributed by atoms with E-state index in [2.05, 4.69) is 9.88 Å². The third kappa shape index (κ3) is 1.63. The lowest BCUT2D eigenvalue weighted by Gasteiger charge is -2.55. The van der Waals surface area contributed by atoms with E-state index in [1.165, 1.54) is 0 Å². The van der Waals surface area contributed by atoms with Gasteiger partial charge in [0.1, 0.15) is 5.60 Å². The summed E-state index contributed by atoms with van der Waals surface area (Å²) in [4.78, 5) is 18.0. The molecule has 0 saturated carbocycles. The molecule has 6 heteroatoms. The first-order valence-corrected chi connectivity index (χ1v) is 7.06. The summed E-state index contributed by atoms with van der Waals surface area (Å²) in [6.07, 6.45) is 1.15. The summed E-state index contributed by atoms with van der Waals surface area (Å²) in [5, 5.41) is 0.998. The van der Waals surface area contributed by atoms with Crippen molar-refractivity contribution in [2.24, 2.45) is 5.73 Å². The van der Waals surface area contributed by atoms with Crippen molar-refractivity contribution >= 4 is 32.6 Å². The Labute approximate surface area is 114 Å². The lowest BCUT2D eigenvalue weighted by Crippen LogP contribution is -2.68. The fourth-order valence-corrected chi connectivity index (χ4v) is 3.57. The molecule has 2 N–H and O–H groups in total. The molecule has 0 unspecified atom stereocenters. The van der Waals surface area contributed by atoms with Crippen molar-refractivity contribution in [1.29, 1.82) is 0 Å². The predicted octanol–water partition coefficient (Wildman–Crippen LogP) is 1.37. The van der Waals surface area contributed by atoms with Gasteiger partial charge >= 0.3 is 0 Å². The molecule has 2 fully saturated rings. The predicted molar refractivity (Wildman–Crippen MR) is 73.7 cm³/mol. The molecular weight excluding hydrogens is 262 g/mol. The average Bonchev–Trinajstić information content (AvgIpc) is 2.66. The Morgan fingerprint density at radius 2 is 2.26 bits per heavy atom. The maximum atomic E-state index is 11.2. The number of thiazole rings is 1. The summed E-state index contributed by atoms with van der Waals surface area (Å²) in [5.74, 6) is -0.415. The zero-order valence-corrected chi connectivity index (χ0v) is 11.1. The molecule has 0 radical (unpaired) electrons. The Kier molecular flexibility index (Phi) is 2.17. The van der Waals surface area contributed by atoms with Gasteiger partial charge in [0, 0.05) is 12.0 Å². The monoisotopic (exact) mass is 275 g/mol. The number of aromatic nitrogens is 1. The molecule has 1 aromatic heterocycles. The molecule has 2 saturated heterocycles. The molecule has 4 rings (SSSR count). The van der Waals surface area contributed by atoms with Crippen LogP contribution in [0.25, 0.3) is 10.2 Å². The van der Waals surface area contributed by atoms with Gasteiger partial charge in [0.15, 0.2) is 5.13 Å². The summed E-state index contributed by atoms with van der Waals surface area (Å²) in [6, 6.07) is 5.42. The van der Waals surface area contributed by atoms with Crippen molar-refractivity contribution in [2.75, 3.05) is 24.6 Å². The van der Waals surface area contributed by atoms with E-state index in [1.54, 1.807) is 23.5 Å². The van der Waals surface area contributed by atoms with Crippen LogP contribution in [0.15, 0.2) is 18.2 Å². The number of hydrogen-bond acceptors (Lipinski definition) is 5. The molecule has 2 aliphatic rings. The lowest BCUT2D eigenvalue weighted by molar-refractivity contribution is -0.160. The quantitative estimate of drug-likeness (QED) is 0.899. The fraction of sp³-hybridized carbons (Fsp3) is 0.385. The topological polar surface area (TPSA) is 68.5 Å². The first-order valence-electron chi connectivity index (χ1n) is 6.25. The highest BCUT2D eigenvalue weighted by molar-refractivity contribution is 7.22. The minimum atomic E-state index is -0.415. The van der Waals surface area contributed by atoms with Crippen molar-refractivity contribution < 1.29 is 9.53 Å². The van der Waals surface area contributed by atoms with Crippen LogP contribution < -0.4 is 10.6 Å². The van der Waals surface area contributed by atoms with Gasteiger partial charge in [0.25, 0.3) is 0 Å². The molecule has 19 heavy (non-hydrogen) atoms. The van der Waals surface area contributed by atoms with Gasteiger partial charge < -0.3 is 15.4 Å². The SMILES string of the molecule is NC(=O)c1ccc2sc(N3CC4(CCO4)C3)nc2c1. The highest BCUT2D eigenvalue weighted by Gasteiger charge is 2.49. The largest absolute Gasteiger partial charge is 0.371 e. The normalized spacial score (nSPS) is 20.3. The van der Waals surface area contributed by atoms with Gasteiger partial charge in [-0.05, 0) is 18.2 Å². The smallest absolute Gasteiger partial charge is 0.248 e. The van der Waals surface area contributed by atoms with Gasteiger partial charge in [-0.25, -0.2) is 4.98 Å². The second kappa shape index (κ2) is 3.68. The Bertz CT molecular complexity index is 670. The summed E-state index contributed by atoms with van der Waals surface area (Å²) in [7, 11) is 0. The van der Waals surface area contributed by atoms with Gasteiger partial charge in [-0.2, -0.15) is 0 Å². The van der Waals surface area contributed by atoms with Crippen molar-refractivity contribution in [3.8, 4) is 0 Å². The average molecular weight is 275 g/mol. The Morgan fingerprint density at radius 3 is 2.89 bits per heavy atom. The molecule has 0 aliphatic carbocycles. The molecule has 98 valence electrons. The second-order valence-electron chi connectivity index (χ2n) is 5.18. The molecule has 1 amide bonds. The second-order valence-corrected chi connectivity index (χ2v) is 6.19. The van der Waals surface area contributed by atoms with Crippen LogP contribution in [0.2, 0.25) is 0 Å². The zero-order valence-electron chi connectivity index (χ0n) is 10.3. The van der Waals surface area contributed by atoms with Crippen LogP contribution >= 0.6 is 11.3 Å². The van der Waals surface area contributed by atoms with E-state index < -0.39 is 5.91 Å². The number of primary amides is 1. The van der Waals surface area contributed by atoms with Crippen LogP contribution in [0.5, 0.6) is 0 Å². The van der Waals surface area contributed by atoms with E-state index >= 15 is 0 Å². The van der Waals surface area contributed by atoms with Crippen LogP contribution in [-0.4, -0.2) is 36.2 Å². The number of carbonyl (C=O) groups is 1. The maximum absolute atomic E-state index is 11.2. The molecule has 1 aromatic carbocycles. The number of nitrogens with zero attached hydrogens (tertiary/aromatic N) is 2. The molecule has 3 heterocycles. The van der Waals surface area contributed by atoms with Gasteiger partial charge in [0.05, 0.1) is 29.9 Å². The van der Waals surface area contributed by atoms with Gasteiger partial charge in [-0.15, -0.1) is 0 Å². The highest BCUT2D eigenvalue weighted by atomic mass is 32.1. The molecule has 2 aliphatic heterocycles. The van der Waals surface area contributed by atoms with Crippen molar-refractivity contribution in [2.45, 2.75) is 12.0 Å². The van der Waals surface area contributed by atoms with E-state index in [0.717, 1.165) is 41.5 Å². The number of carbonyl (C=O) groups excluding carboxylic acids is 1. The molecule has 0 atom stereocenters. The number of nitrogens with two attached hydrogens (primary N) is 1. The van der Waals surface area contributed by atoms with Crippen LogP contribution in [-0.2, 0) is 4.74 Å². The molecule has 2 aromatic rings. The van der Waals surface area contributed by atoms with Gasteiger partial charge in [0.2, 0.25) is 5.91 Å². The lowest BCUT2D eigenvalue weighted by atomic mass is 9.87. The number of ether oxygens (including phenoxy) is 1. The highest BCUT2D eigenvalue weighted by Crippen LogP contribution is 2.41. The van der Waals surface area contributed by atoms with Gasteiger partial charge in [-0.1, -0.05) is 11.3 Å². The van der Waals surface area contributed by atoms with E-state index in [9.17, 15) is 4.79 Å². The summed E-state index contributed by atoms with van der Waals surface area (Å²) in [6.45, 7) is 2.74. The Balaban J connectivity index is 1.63. The number of fused-ring (bicyclic) bond motifs is 1. The molecular formula is C13H13N3O2S. The number of anilines is 1. The van der Waals surface area contributed by atoms with Crippen molar-refractivity contribution in [1.82, 2.24) is 4.98 Å². The fourth-order valence-electron chi connectivity index (χ4n) is 2.63. The minimum absolute atomic E-state index is 0.107. The van der Waals surface area contributed by atoms with Crippen LogP contribution in [0.3, 0.4) is 0 Å². The first kappa shape index (κ1) is 11.2. The molecule has 0 bridgehead atoms. The minimum Gasteiger partial charge on any atom is -0.371 e. The standard InChI is InChI=1S/C13H13N3O2S/c14-11(17)8-1-2-10-9(5-8)15-12(19-10)16-6-13(7-16)3-4-18-13/h1-2,5H,3-4,6-7H2,(H2,14,17). The number of amides is 1. The van der Waals surface area contributed by atoms with Crippen molar-refractivity contribution in [3.63, 3.8) is 0 Å². The summed E-state index contributed by atoms with van der Waals surface area (Å²) >= 11 is 1.64. The van der Waals surface area contributed by atoms with Crippen LogP contribution in [0.4, 0.5) is 5.13 Å². The maximum Gasteiger partial charge on any atom is 0.248 e. The van der Waals surface area contributed by atoms with Gasteiger partial charge in [-0.3, -0.25) is 4.79 Å². The van der Waals surface area contributed by atoms with E-state index in [0.29, 0.717) is 5.56 Å². The number of rotatable bonds is 2. The Hall–Kier alpha value is -1.66. The third-order valence-electron chi connectivity index (χ3n) is 3.86. The Morgan fingerprint density at radius 1 is 1.47 bits per heavy atom. The van der Waals surface area contributed by atoms with Crippen LogP contribution in [0.1, 0.15) is 16.8 Å². The molecule has 1 spiro atoms. The van der Waals surface area contributed by atoms with E-state index in [-0.39, 0.29) is 5.60 Å². The summed E-state index contributed by atoms with van der Waals surface area (Å²) < 4.78 is 6.68. The van der Waals surface area contributed by atoms with Crippen LogP contribution in [0, 0.1) is 0 Å². The summed E-state index contributed by atoms with van der Waals surface area (Å²) in [5.41, 5.74) is 6.73. The third-order valence-corrected chi connectivity index (χ3v) is 4.95. The zero-order chi connectivity index (χ0) is 13.0. The number of benzene rings is 1. The first-order chi connectivity index (χ1) is 9.15. The van der Waals surface area contributed by atoms with E-state index in [1.807, 2.05) is 6.07 Å². The molecule has 5 nitrogen and oxygen atoms in total.